The van der Waals surface area contributed by atoms with Crippen LogP contribution in [0.4, 0.5) is 0 Å². The lowest BCUT2D eigenvalue weighted by Crippen LogP contribution is -2.20. The van der Waals surface area contributed by atoms with E-state index in [9.17, 15) is 0 Å². The van der Waals surface area contributed by atoms with Gasteiger partial charge in [-0.15, -0.1) is 0 Å². The Labute approximate surface area is 79.9 Å². The fourth-order valence-electron chi connectivity index (χ4n) is 1.17. The molecule has 4 nitrogen and oxygen atoms in total. The molecule has 1 heterocycles. The molecule has 0 aliphatic heterocycles. The maximum atomic E-state index is 5.78. The van der Waals surface area contributed by atoms with Crippen LogP contribution in [0, 0.1) is 0 Å². The second-order valence-corrected chi connectivity index (χ2v) is 3.38. The fraction of sp³-hybridized carbons (Fsp3) is 0.250. The molecule has 0 aliphatic carbocycles. The van der Waals surface area contributed by atoms with Gasteiger partial charge in [0.15, 0.2) is 0 Å². The second kappa shape index (κ2) is 3.37. The van der Waals surface area contributed by atoms with E-state index in [0.717, 1.165) is 16.6 Å². The number of fused-ring (bicyclic) bond motifs is 1. The molecule has 0 amide bonds. The highest BCUT2D eigenvalue weighted by Crippen LogP contribution is 2.16. The van der Waals surface area contributed by atoms with Crippen LogP contribution in [-0.4, -0.2) is 15.3 Å². The Hall–Kier alpha value is -1.04. The maximum absolute atomic E-state index is 5.78. The van der Waals surface area contributed by atoms with Gasteiger partial charge >= 0.3 is 0 Å². The molecule has 0 saturated carbocycles. The number of hydrogen-bond donors (Lipinski definition) is 2. The SMILES string of the molecule is NCC(N)c1ccc2nsnc2c1. The minimum atomic E-state index is -0.105. The Morgan fingerprint density at radius 1 is 1.31 bits per heavy atom. The normalized spacial score (nSPS) is 13.4. The third-order valence-electron chi connectivity index (χ3n) is 1.96. The van der Waals surface area contributed by atoms with Crippen molar-refractivity contribution in [2.75, 3.05) is 6.54 Å². The molecule has 0 radical (unpaired) electrons. The molecule has 13 heavy (non-hydrogen) atoms. The van der Waals surface area contributed by atoms with Crippen LogP contribution in [0.25, 0.3) is 11.0 Å². The Kier molecular flexibility index (Phi) is 2.22. The lowest BCUT2D eigenvalue weighted by atomic mass is 10.1. The van der Waals surface area contributed by atoms with E-state index < -0.39 is 0 Å². The maximum Gasteiger partial charge on any atom is 0.105 e. The standard InChI is InChI=1S/C8H10N4S/c9-4-6(10)5-1-2-7-8(3-5)12-13-11-7/h1-3,6H,4,9-10H2. The van der Waals surface area contributed by atoms with Gasteiger partial charge in [0.2, 0.25) is 0 Å². The molecule has 1 aromatic heterocycles. The van der Waals surface area contributed by atoms with Gasteiger partial charge < -0.3 is 11.5 Å². The van der Waals surface area contributed by atoms with Gasteiger partial charge in [-0.2, -0.15) is 8.75 Å². The van der Waals surface area contributed by atoms with Gasteiger partial charge in [-0.3, -0.25) is 0 Å². The largest absolute Gasteiger partial charge is 0.329 e. The summed E-state index contributed by atoms with van der Waals surface area (Å²) in [5, 5.41) is 0. The van der Waals surface area contributed by atoms with Gasteiger partial charge in [0.1, 0.15) is 11.0 Å². The number of nitrogens with zero attached hydrogens (tertiary/aromatic N) is 2. The van der Waals surface area contributed by atoms with E-state index >= 15 is 0 Å². The number of benzene rings is 1. The van der Waals surface area contributed by atoms with Crippen LogP contribution in [0.5, 0.6) is 0 Å². The monoisotopic (exact) mass is 194 g/mol. The summed E-state index contributed by atoms with van der Waals surface area (Å²) in [5.74, 6) is 0. The van der Waals surface area contributed by atoms with Crippen LogP contribution < -0.4 is 11.5 Å². The first kappa shape index (κ1) is 8.55. The van der Waals surface area contributed by atoms with Crippen molar-refractivity contribution in [2.45, 2.75) is 6.04 Å². The van der Waals surface area contributed by atoms with Crippen LogP contribution in [0.15, 0.2) is 18.2 Å². The molecule has 2 rings (SSSR count). The number of nitrogens with two attached hydrogens (primary N) is 2. The van der Waals surface area contributed by atoms with Crippen molar-refractivity contribution in [1.29, 1.82) is 0 Å². The van der Waals surface area contributed by atoms with Gasteiger partial charge in [-0.25, -0.2) is 0 Å². The molecule has 5 heteroatoms. The summed E-state index contributed by atoms with van der Waals surface area (Å²) in [4.78, 5) is 0. The quantitative estimate of drug-likeness (QED) is 0.735. The molecular weight excluding hydrogens is 184 g/mol. The van der Waals surface area contributed by atoms with Crippen molar-refractivity contribution in [1.82, 2.24) is 8.75 Å². The average Bonchev–Trinajstić information content (AvgIpc) is 2.63. The zero-order valence-corrected chi connectivity index (χ0v) is 7.79. The van der Waals surface area contributed by atoms with Crippen molar-refractivity contribution in [3.63, 3.8) is 0 Å². The van der Waals surface area contributed by atoms with E-state index in [2.05, 4.69) is 8.75 Å². The molecule has 1 aromatic carbocycles. The molecule has 1 unspecified atom stereocenters. The summed E-state index contributed by atoms with van der Waals surface area (Å²) >= 11 is 1.21. The molecule has 0 bridgehead atoms. The lowest BCUT2D eigenvalue weighted by molar-refractivity contribution is 0.738. The first-order chi connectivity index (χ1) is 6.31. The molecule has 68 valence electrons. The van der Waals surface area contributed by atoms with E-state index in [1.165, 1.54) is 11.7 Å². The van der Waals surface area contributed by atoms with E-state index in [0.29, 0.717) is 6.54 Å². The van der Waals surface area contributed by atoms with Crippen molar-refractivity contribution >= 4 is 22.8 Å². The number of aromatic nitrogens is 2. The van der Waals surface area contributed by atoms with Crippen LogP contribution >= 0.6 is 11.7 Å². The summed E-state index contributed by atoms with van der Waals surface area (Å²) in [7, 11) is 0. The van der Waals surface area contributed by atoms with Crippen molar-refractivity contribution in [3.8, 4) is 0 Å². The van der Waals surface area contributed by atoms with Crippen LogP contribution in [-0.2, 0) is 0 Å². The Morgan fingerprint density at radius 3 is 2.85 bits per heavy atom. The van der Waals surface area contributed by atoms with Gasteiger partial charge in [-0.05, 0) is 17.7 Å². The third-order valence-corrected chi connectivity index (χ3v) is 2.52. The Bertz CT molecular complexity index is 411. The highest BCUT2D eigenvalue weighted by atomic mass is 32.1. The van der Waals surface area contributed by atoms with Gasteiger partial charge in [0.05, 0.1) is 11.7 Å². The number of rotatable bonds is 2. The second-order valence-electron chi connectivity index (χ2n) is 2.85. The molecule has 0 spiro atoms. The first-order valence-corrected chi connectivity index (χ1v) is 4.72. The molecule has 1 atom stereocenters. The molecular formula is C8H10N4S. The zero-order chi connectivity index (χ0) is 9.26. The minimum absolute atomic E-state index is 0.105. The van der Waals surface area contributed by atoms with Gasteiger partial charge in [0.25, 0.3) is 0 Å². The fourth-order valence-corrected chi connectivity index (χ4v) is 1.68. The molecule has 4 N–H and O–H groups in total. The zero-order valence-electron chi connectivity index (χ0n) is 6.97. The lowest BCUT2D eigenvalue weighted by Gasteiger charge is -2.07. The average molecular weight is 194 g/mol. The third kappa shape index (κ3) is 1.53. The summed E-state index contributed by atoms with van der Waals surface area (Å²) in [6.07, 6.45) is 0. The predicted molar refractivity (Wildman–Crippen MR) is 53.4 cm³/mol. The molecule has 0 aliphatic rings. The summed E-state index contributed by atoms with van der Waals surface area (Å²) in [6, 6.07) is 5.70. The number of hydrogen-bond acceptors (Lipinski definition) is 5. The summed E-state index contributed by atoms with van der Waals surface area (Å²) < 4.78 is 8.23. The van der Waals surface area contributed by atoms with E-state index in [-0.39, 0.29) is 6.04 Å². The summed E-state index contributed by atoms with van der Waals surface area (Å²) in [5.41, 5.74) is 14.1. The Morgan fingerprint density at radius 2 is 2.08 bits per heavy atom. The van der Waals surface area contributed by atoms with E-state index in [1.54, 1.807) is 0 Å². The van der Waals surface area contributed by atoms with Crippen LogP contribution in [0.3, 0.4) is 0 Å². The molecule has 0 saturated heterocycles. The minimum Gasteiger partial charge on any atom is -0.329 e. The van der Waals surface area contributed by atoms with Crippen LogP contribution in [0.2, 0.25) is 0 Å². The predicted octanol–water partition coefficient (Wildman–Crippen LogP) is 0.650. The van der Waals surface area contributed by atoms with Crippen molar-refractivity contribution in [2.24, 2.45) is 11.5 Å². The first-order valence-electron chi connectivity index (χ1n) is 3.99. The molecule has 0 fully saturated rings. The van der Waals surface area contributed by atoms with E-state index in [4.69, 9.17) is 11.5 Å². The molecule has 2 aromatic rings. The van der Waals surface area contributed by atoms with Gasteiger partial charge in [-0.1, -0.05) is 6.07 Å². The van der Waals surface area contributed by atoms with Crippen molar-refractivity contribution in [3.05, 3.63) is 23.8 Å². The van der Waals surface area contributed by atoms with Gasteiger partial charge in [0, 0.05) is 12.6 Å². The topological polar surface area (TPSA) is 77.8 Å². The smallest absolute Gasteiger partial charge is 0.105 e. The highest BCUT2D eigenvalue weighted by Gasteiger charge is 2.05. The Balaban J connectivity index is 2.48. The van der Waals surface area contributed by atoms with E-state index in [1.807, 2.05) is 18.2 Å². The summed E-state index contributed by atoms with van der Waals surface area (Å²) in [6.45, 7) is 0.447. The van der Waals surface area contributed by atoms with Crippen LogP contribution in [0.1, 0.15) is 11.6 Å². The highest BCUT2D eigenvalue weighted by molar-refractivity contribution is 7.00. The van der Waals surface area contributed by atoms with Crippen molar-refractivity contribution < 1.29 is 0 Å².